The molecule has 0 amide bonds. The predicted octanol–water partition coefficient (Wildman–Crippen LogP) is 12.3. The predicted molar refractivity (Wildman–Crippen MR) is 187 cm³/mol. The summed E-state index contributed by atoms with van der Waals surface area (Å²) in [7, 11) is 0. The number of hydrogen-bond donors (Lipinski definition) is 2. The molecule has 0 unspecified atom stereocenters. The molecule has 0 bridgehead atoms. The van der Waals surface area contributed by atoms with Crippen LogP contribution in [0.3, 0.4) is 0 Å². The Labute approximate surface area is 263 Å². The number of nitrogens with one attached hydrogen (secondary N) is 2. The van der Waals surface area contributed by atoms with Crippen LogP contribution in [0.4, 0.5) is 0 Å². The van der Waals surface area contributed by atoms with Gasteiger partial charge in [0, 0.05) is 13.1 Å². The quantitative estimate of drug-likeness (QED) is 0.0679. The first-order chi connectivity index (χ1) is 17.9. The molecule has 234 valence electrons. The van der Waals surface area contributed by atoms with E-state index in [-0.39, 0.29) is 34.0 Å². The van der Waals surface area contributed by atoms with Crippen molar-refractivity contribution in [2.45, 2.75) is 194 Å². The van der Waals surface area contributed by atoms with Crippen LogP contribution in [0.2, 0.25) is 0 Å². The van der Waals surface area contributed by atoms with Crippen molar-refractivity contribution in [1.29, 1.82) is 0 Å². The lowest BCUT2D eigenvalue weighted by atomic mass is 10.0. The Morgan fingerprint density at radius 1 is 0.237 bits per heavy atom. The van der Waals surface area contributed by atoms with Gasteiger partial charge in [0.15, 0.2) is 0 Å². The first kappa shape index (κ1) is 43.3. The third-order valence-electron chi connectivity index (χ3n) is 7.89. The Hall–Kier alpha value is 0.880. The molecular formula is C34H74Br2N2. The van der Waals surface area contributed by atoms with Gasteiger partial charge in [-0.15, -0.1) is 34.0 Å². The molecule has 0 spiro atoms. The average molecular weight is 671 g/mol. The maximum atomic E-state index is 3.62. The van der Waals surface area contributed by atoms with Gasteiger partial charge in [0.05, 0.1) is 0 Å². The second-order valence-corrected chi connectivity index (χ2v) is 11.7. The fourth-order valence-electron chi connectivity index (χ4n) is 5.32. The van der Waals surface area contributed by atoms with Crippen molar-refractivity contribution in [3.05, 3.63) is 0 Å². The molecule has 0 rings (SSSR count). The molecule has 0 fully saturated rings. The number of unbranched alkanes of at least 4 members (excludes halogenated alkanes) is 26. The van der Waals surface area contributed by atoms with E-state index < -0.39 is 0 Å². The summed E-state index contributed by atoms with van der Waals surface area (Å²) in [5.41, 5.74) is 0. The van der Waals surface area contributed by atoms with Gasteiger partial charge in [-0.05, 0) is 25.9 Å². The van der Waals surface area contributed by atoms with Crippen molar-refractivity contribution >= 4 is 34.0 Å². The van der Waals surface area contributed by atoms with Crippen LogP contribution < -0.4 is 10.6 Å². The fraction of sp³-hybridized carbons (Fsp3) is 1.00. The average Bonchev–Trinajstić information content (AvgIpc) is 2.89. The van der Waals surface area contributed by atoms with Gasteiger partial charge in [-0.1, -0.05) is 181 Å². The summed E-state index contributed by atoms with van der Waals surface area (Å²) in [6, 6.07) is 0. The molecule has 0 saturated carbocycles. The molecule has 0 aliphatic carbocycles. The van der Waals surface area contributed by atoms with Gasteiger partial charge in [0.1, 0.15) is 0 Å². The van der Waals surface area contributed by atoms with Crippen LogP contribution in [0.15, 0.2) is 0 Å². The van der Waals surface area contributed by atoms with Crippen LogP contribution in [-0.4, -0.2) is 26.2 Å². The summed E-state index contributed by atoms with van der Waals surface area (Å²) < 4.78 is 0. The van der Waals surface area contributed by atoms with Crippen LogP contribution in [-0.2, 0) is 0 Å². The lowest BCUT2D eigenvalue weighted by molar-refractivity contribution is 0.520. The zero-order chi connectivity index (χ0) is 26.0. The second kappa shape index (κ2) is 42.3. The van der Waals surface area contributed by atoms with Crippen LogP contribution in [0.1, 0.15) is 194 Å². The van der Waals surface area contributed by atoms with Gasteiger partial charge < -0.3 is 10.6 Å². The molecule has 0 radical (unpaired) electrons. The number of halogens is 2. The summed E-state index contributed by atoms with van der Waals surface area (Å²) in [6.45, 7) is 9.29. The Balaban J connectivity index is -0.00000612. The number of rotatable bonds is 33. The lowest BCUT2D eigenvalue weighted by Crippen LogP contribution is -2.28. The van der Waals surface area contributed by atoms with Crippen molar-refractivity contribution < 1.29 is 0 Å². The minimum atomic E-state index is 0. The van der Waals surface area contributed by atoms with Crippen molar-refractivity contribution in [3.8, 4) is 0 Å². The molecule has 0 aromatic carbocycles. The highest BCUT2D eigenvalue weighted by molar-refractivity contribution is 8.93. The van der Waals surface area contributed by atoms with Crippen molar-refractivity contribution in [2.75, 3.05) is 26.2 Å². The molecule has 0 aliphatic heterocycles. The van der Waals surface area contributed by atoms with Crippen LogP contribution in [0.25, 0.3) is 0 Å². The molecular weight excluding hydrogens is 596 g/mol. The highest BCUT2D eigenvalue weighted by Crippen LogP contribution is 2.14. The van der Waals surface area contributed by atoms with Gasteiger partial charge >= 0.3 is 0 Å². The van der Waals surface area contributed by atoms with Crippen LogP contribution in [0.5, 0.6) is 0 Å². The highest BCUT2D eigenvalue weighted by Gasteiger charge is 1.96. The lowest BCUT2D eigenvalue weighted by Gasteiger charge is -2.07. The third-order valence-corrected chi connectivity index (χ3v) is 7.89. The molecule has 4 heteroatoms. The Morgan fingerprint density at radius 2 is 0.421 bits per heavy atom. The first-order valence-electron chi connectivity index (χ1n) is 17.3. The van der Waals surface area contributed by atoms with Gasteiger partial charge in [-0.2, -0.15) is 0 Å². The number of hydrogen-bond acceptors (Lipinski definition) is 2. The zero-order valence-corrected chi connectivity index (χ0v) is 29.9. The third kappa shape index (κ3) is 41.4. The summed E-state index contributed by atoms with van der Waals surface area (Å²) in [6.07, 6.45) is 40.5. The van der Waals surface area contributed by atoms with E-state index in [9.17, 15) is 0 Å². The normalized spacial score (nSPS) is 10.9. The Kier molecular flexibility index (Phi) is 48.3. The van der Waals surface area contributed by atoms with Gasteiger partial charge in [-0.3, -0.25) is 0 Å². The topological polar surface area (TPSA) is 24.1 Å². The Morgan fingerprint density at radius 3 is 0.632 bits per heavy atom. The smallest absolute Gasteiger partial charge is 0.00767 e. The largest absolute Gasteiger partial charge is 0.315 e. The maximum absolute atomic E-state index is 3.62. The van der Waals surface area contributed by atoms with E-state index in [4.69, 9.17) is 0 Å². The molecule has 0 heterocycles. The molecule has 0 aromatic heterocycles. The summed E-state index contributed by atoms with van der Waals surface area (Å²) in [5.74, 6) is 0. The van der Waals surface area contributed by atoms with E-state index in [1.165, 1.54) is 193 Å². The molecule has 0 atom stereocenters. The minimum absolute atomic E-state index is 0. The van der Waals surface area contributed by atoms with Crippen LogP contribution >= 0.6 is 34.0 Å². The van der Waals surface area contributed by atoms with E-state index in [1.54, 1.807) is 0 Å². The SMILES string of the molecule is Br.Br.CCCCCCCCCCCCCCCCNCCNCCCCCCCCCCCCCCCC. The van der Waals surface area contributed by atoms with Crippen molar-refractivity contribution in [2.24, 2.45) is 0 Å². The Bertz CT molecular complexity index is 334. The zero-order valence-electron chi connectivity index (χ0n) is 26.4. The highest BCUT2D eigenvalue weighted by atomic mass is 79.9. The molecule has 0 aromatic rings. The van der Waals surface area contributed by atoms with E-state index in [0.29, 0.717) is 0 Å². The first-order valence-corrected chi connectivity index (χ1v) is 17.3. The standard InChI is InChI=1S/C34H72N2.2BrH/c1-3-5-7-9-11-13-15-17-19-21-23-25-27-29-31-35-33-34-36-32-30-28-26-24-22-20-18-16-14-12-10-8-6-4-2;;/h35-36H,3-34H2,1-2H3;2*1H. The van der Waals surface area contributed by atoms with E-state index >= 15 is 0 Å². The van der Waals surface area contributed by atoms with Gasteiger partial charge in [0.25, 0.3) is 0 Å². The molecule has 2 nitrogen and oxygen atoms in total. The maximum Gasteiger partial charge on any atom is 0.00767 e. The molecule has 38 heavy (non-hydrogen) atoms. The summed E-state index contributed by atoms with van der Waals surface area (Å²) in [4.78, 5) is 0. The van der Waals surface area contributed by atoms with Gasteiger partial charge in [-0.25, -0.2) is 0 Å². The fourth-order valence-corrected chi connectivity index (χ4v) is 5.32. The summed E-state index contributed by atoms with van der Waals surface area (Å²) >= 11 is 0. The van der Waals surface area contributed by atoms with Crippen molar-refractivity contribution in [3.63, 3.8) is 0 Å². The molecule has 0 aliphatic rings. The minimum Gasteiger partial charge on any atom is -0.315 e. The van der Waals surface area contributed by atoms with E-state index in [1.807, 2.05) is 0 Å². The molecule has 0 saturated heterocycles. The van der Waals surface area contributed by atoms with Crippen LogP contribution in [0, 0.1) is 0 Å². The monoisotopic (exact) mass is 668 g/mol. The van der Waals surface area contributed by atoms with Crippen molar-refractivity contribution in [1.82, 2.24) is 10.6 Å². The molecule has 2 N–H and O–H groups in total. The van der Waals surface area contributed by atoms with Gasteiger partial charge in [0.2, 0.25) is 0 Å². The van der Waals surface area contributed by atoms with E-state index in [2.05, 4.69) is 24.5 Å². The summed E-state index contributed by atoms with van der Waals surface area (Å²) in [5, 5.41) is 7.24. The van der Waals surface area contributed by atoms with E-state index in [0.717, 1.165) is 13.1 Å². The second-order valence-electron chi connectivity index (χ2n) is 11.7.